The van der Waals surface area contributed by atoms with Crippen molar-refractivity contribution in [2.75, 3.05) is 6.61 Å². The topological polar surface area (TPSA) is 73.7 Å². The molecule has 1 atom stereocenters. The van der Waals surface area contributed by atoms with Crippen LogP contribution in [0.5, 0.6) is 0 Å². The summed E-state index contributed by atoms with van der Waals surface area (Å²) in [6, 6.07) is 1.64. The summed E-state index contributed by atoms with van der Waals surface area (Å²) in [5.41, 5.74) is 3.74. The number of carboxylic acid groups (broad SMARTS) is 1. The number of carbonyl (C=O) groups is 1. The van der Waals surface area contributed by atoms with Gasteiger partial charge in [0.05, 0.1) is 18.3 Å². The second kappa shape index (κ2) is 4.33. The molecule has 2 N–H and O–H groups in total. The molecule has 0 radical (unpaired) electrons. The average molecular weight is 236 g/mol. The SMILES string of the molecule is Cc1cc(C)c2c(n1)C(CCO)N(C(=O)O)C2. The molecule has 2 heterocycles. The first-order valence-electron chi connectivity index (χ1n) is 5.62. The van der Waals surface area contributed by atoms with Gasteiger partial charge in [-0.3, -0.25) is 9.88 Å². The molecule has 1 aliphatic rings. The minimum absolute atomic E-state index is 0.0391. The van der Waals surface area contributed by atoms with Crippen molar-refractivity contribution in [2.24, 2.45) is 0 Å². The van der Waals surface area contributed by atoms with Gasteiger partial charge in [0.2, 0.25) is 0 Å². The molecule has 1 unspecified atom stereocenters. The maximum Gasteiger partial charge on any atom is 0.408 e. The van der Waals surface area contributed by atoms with Crippen LogP contribution in [0.3, 0.4) is 0 Å². The lowest BCUT2D eigenvalue weighted by Gasteiger charge is -2.20. The van der Waals surface area contributed by atoms with Crippen LogP contribution in [0, 0.1) is 13.8 Å². The predicted octanol–water partition coefficient (Wildman–Crippen LogP) is 1.62. The van der Waals surface area contributed by atoms with Gasteiger partial charge in [0.15, 0.2) is 0 Å². The maximum absolute atomic E-state index is 11.2. The molecule has 17 heavy (non-hydrogen) atoms. The van der Waals surface area contributed by atoms with Crippen LogP contribution in [0.15, 0.2) is 6.07 Å². The number of nitrogens with zero attached hydrogens (tertiary/aromatic N) is 2. The fraction of sp³-hybridized carbons (Fsp3) is 0.500. The van der Waals surface area contributed by atoms with Gasteiger partial charge in [0.25, 0.3) is 0 Å². The second-order valence-corrected chi connectivity index (χ2v) is 4.38. The van der Waals surface area contributed by atoms with Gasteiger partial charge < -0.3 is 10.2 Å². The number of pyridine rings is 1. The highest BCUT2D eigenvalue weighted by Gasteiger charge is 2.35. The van der Waals surface area contributed by atoms with E-state index in [4.69, 9.17) is 10.2 Å². The van der Waals surface area contributed by atoms with E-state index in [1.54, 1.807) is 0 Å². The lowest BCUT2D eigenvalue weighted by atomic mass is 10.0. The van der Waals surface area contributed by atoms with E-state index in [0.29, 0.717) is 13.0 Å². The van der Waals surface area contributed by atoms with Crippen LogP contribution in [0.2, 0.25) is 0 Å². The molecule has 0 spiro atoms. The van der Waals surface area contributed by atoms with Crippen molar-refractivity contribution in [1.29, 1.82) is 0 Å². The Kier molecular flexibility index (Phi) is 3.02. The highest BCUT2D eigenvalue weighted by atomic mass is 16.4. The lowest BCUT2D eigenvalue weighted by Crippen LogP contribution is -2.28. The number of aliphatic hydroxyl groups is 1. The van der Waals surface area contributed by atoms with E-state index in [0.717, 1.165) is 22.5 Å². The third-order valence-corrected chi connectivity index (χ3v) is 3.18. The van der Waals surface area contributed by atoms with Gasteiger partial charge in [0.1, 0.15) is 0 Å². The van der Waals surface area contributed by atoms with Crippen LogP contribution in [0.1, 0.15) is 35.0 Å². The highest BCUT2D eigenvalue weighted by Crippen LogP contribution is 2.36. The Labute approximate surface area is 99.7 Å². The summed E-state index contributed by atoms with van der Waals surface area (Å²) < 4.78 is 0. The maximum atomic E-state index is 11.2. The van der Waals surface area contributed by atoms with Crippen LogP contribution in [-0.4, -0.2) is 32.8 Å². The van der Waals surface area contributed by atoms with Gasteiger partial charge in [-0.1, -0.05) is 0 Å². The molecule has 2 rings (SSSR count). The third kappa shape index (κ3) is 1.98. The van der Waals surface area contributed by atoms with Crippen molar-refractivity contribution in [1.82, 2.24) is 9.88 Å². The van der Waals surface area contributed by atoms with Gasteiger partial charge in [-0.05, 0) is 37.5 Å². The standard InChI is InChI=1S/C12H16N2O3/c1-7-5-8(2)13-11-9(7)6-14(12(16)17)10(11)3-4-15/h5,10,15H,3-4,6H2,1-2H3,(H,16,17). The molecule has 1 aliphatic heterocycles. The van der Waals surface area contributed by atoms with Crippen LogP contribution >= 0.6 is 0 Å². The zero-order chi connectivity index (χ0) is 12.6. The number of amides is 1. The molecule has 1 aromatic heterocycles. The fourth-order valence-corrected chi connectivity index (χ4v) is 2.42. The molecule has 0 fully saturated rings. The number of rotatable bonds is 2. The van der Waals surface area contributed by atoms with Gasteiger partial charge in [-0.15, -0.1) is 0 Å². The van der Waals surface area contributed by atoms with Crippen LogP contribution in [0.25, 0.3) is 0 Å². The van der Waals surface area contributed by atoms with Crippen molar-refractivity contribution in [2.45, 2.75) is 32.9 Å². The van der Waals surface area contributed by atoms with E-state index in [1.807, 2.05) is 19.9 Å². The molecule has 5 heteroatoms. The Morgan fingerprint density at radius 1 is 1.59 bits per heavy atom. The average Bonchev–Trinajstić information content (AvgIpc) is 2.58. The minimum atomic E-state index is -0.960. The number of hydrogen-bond acceptors (Lipinski definition) is 3. The van der Waals surface area contributed by atoms with E-state index in [2.05, 4.69) is 4.98 Å². The van der Waals surface area contributed by atoms with E-state index in [-0.39, 0.29) is 12.6 Å². The molecular formula is C12H16N2O3. The Morgan fingerprint density at radius 2 is 2.29 bits per heavy atom. The Balaban J connectivity index is 2.46. The first-order chi connectivity index (χ1) is 8.04. The molecule has 1 aromatic rings. The molecular weight excluding hydrogens is 220 g/mol. The Morgan fingerprint density at radius 3 is 2.88 bits per heavy atom. The van der Waals surface area contributed by atoms with E-state index in [9.17, 15) is 4.79 Å². The predicted molar refractivity (Wildman–Crippen MR) is 61.7 cm³/mol. The largest absolute Gasteiger partial charge is 0.465 e. The zero-order valence-electron chi connectivity index (χ0n) is 9.97. The summed E-state index contributed by atoms with van der Waals surface area (Å²) in [4.78, 5) is 16.9. The van der Waals surface area contributed by atoms with Crippen molar-refractivity contribution in [3.63, 3.8) is 0 Å². The van der Waals surface area contributed by atoms with Crippen molar-refractivity contribution >= 4 is 6.09 Å². The van der Waals surface area contributed by atoms with E-state index >= 15 is 0 Å². The lowest BCUT2D eigenvalue weighted by molar-refractivity contribution is 0.118. The summed E-state index contributed by atoms with van der Waals surface area (Å²) in [7, 11) is 0. The molecule has 5 nitrogen and oxygen atoms in total. The number of fused-ring (bicyclic) bond motifs is 1. The van der Waals surface area contributed by atoms with Gasteiger partial charge in [-0.2, -0.15) is 0 Å². The first-order valence-corrected chi connectivity index (χ1v) is 5.62. The highest BCUT2D eigenvalue weighted by molar-refractivity contribution is 5.67. The number of aliphatic hydroxyl groups excluding tert-OH is 1. The number of aryl methyl sites for hydroxylation is 2. The van der Waals surface area contributed by atoms with Crippen LogP contribution in [0.4, 0.5) is 4.79 Å². The molecule has 1 amide bonds. The number of aromatic nitrogens is 1. The zero-order valence-corrected chi connectivity index (χ0v) is 9.97. The van der Waals surface area contributed by atoms with Gasteiger partial charge in [0, 0.05) is 12.3 Å². The second-order valence-electron chi connectivity index (χ2n) is 4.38. The smallest absolute Gasteiger partial charge is 0.408 e. The molecule has 0 saturated carbocycles. The fourth-order valence-electron chi connectivity index (χ4n) is 2.42. The van der Waals surface area contributed by atoms with E-state index < -0.39 is 6.09 Å². The van der Waals surface area contributed by atoms with Crippen molar-refractivity contribution in [3.8, 4) is 0 Å². The molecule has 92 valence electrons. The molecule has 0 aliphatic carbocycles. The monoisotopic (exact) mass is 236 g/mol. The quantitative estimate of drug-likeness (QED) is 0.818. The van der Waals surface area contributed by atoms with Crippen molar-refractivity contribution < 1.29 is 15.0 Å². The Hall–Kier alpha value is -1.62. The molecule has 0 bridgehead atoms. The summed E-state index contributed by atoms with van der Waals surface area (Å²) >= 11 is 0. The number of hydrogen-bond donors (Lipinski definition) is 2. The third-order valence-electron chi connectivity index (χ3n) is 3.18. The van der Waals surface area contributed by atoms with Crippen LogP contribution in [-0.2, 0) is 6.54 Å². The normalized spacial score (nSPS) is 18.3. The summed E-state index contributed by atoms with van der Waals surface area (Å²) in [6.45, 7) is 4.19. The summed E-state index contributed by atoms with van der Waals surface area (Å²) in [6.07, 6.45) is -0.562. The van der Waals surface area contributed by atoms with E-state index in [1.165, 1.54) is 4.90 Å². The van der Waals surface area contributed by atoms with Gasteiger partial charge in [-0.25, -0.2) is 4.79 Å². The Bertz CT molecular complexity index is 459. The first kappa shape index (κ1) is 11.9. The minimum Gasteiger partial charge on any atom is -0.465 e. The van der Waals surface area contributed by atoms with Crippen LogP contribution < -0.4 is 0 Å². The summed E-state index contributed by atoms with van der Waals surface area (Å²) in [5, 5.41) is 18.2. The summed E-state index contributed by atoms with van der Waals surface area (Å²) in [5.74, 6) is 0. The van der Waals surface area contributed by atoms with Crippen molar-refractivity contribution in [3.05, 3.63) is 28.6 Å². The molecule has 0 saturated heterocycles. The van der Waals surface area contributed by atoms with Gasteiger partial charge >= 0.3 is 6.09 Å². The molecule has 0 aromatic carbocycles.